The van der Waals surface area contributed by atoms with Gasteiger partial charge in [0.2, 0.25) is 0 Å². The van der Waals surface area contributed by atoms with Gasteiger partial charge >= 0.3 is 0 Å². The van der Waals surface area contributed by atoms with Gasteiger partial charge in [-0.1, -0.05) is 80.1 Å². The molecule has 0 rings (SSSR count). The molecule has 0 aromatic carbocycles. The van der Waals surface area contributed by atoms with Crippen molar-refractivity contribution in [3.8, 4) is 0 Å². The van der Waals surface area contributed by atoms with Gasteiger partial charge < -0.3 is 67.3 Å². The van der Waals surface area contributed by atoms with Gasteiger partial charge in [-0.2, -0.15) is 0 Å². The highest BCUT2D eigenvalue weighted by Gasteiger charge is 1.73. The monoisotopic (exact) mass is 547 g/mol. The van der Waals surface area contributed by atoms with Crippen LogP contribution in [-0.4, -0.2) is 72.1 Å². The second-order valence-corrected chi connectivity index (χ2v) is 7.24. The summed E-state index contributed by atoms with van der Waals surface area (Å²) in [6, 6.07) is 0. The predicted octanol–water partition coefficient (Wildman–Crippen LogP) is -0.890. The molecule has 0 aliphatic carbocycles. The van der Waals surface area contributed by atoms with Crippen LogP contribution in [0.4, 0.5) is 0 Å². The van der Waals surface area contributed by atoms with Gasteiger partial charge in [0.15, 0.2) is 0 Å². The first-order valence-corrected chi connectivity index (χ1v) is 13.2. The van der Waals surface area contributed by atoms with Gasteiger partial charge in [0, 0.05) is 0 Å². The van der Waals surface area contributed by atoms with E-state index in [2.05, 4.69) is 75.9 Å². The van der Waals surface area contributed by atoms with E-state index < -0.39 is 0 Å². The van der Waals surface area contributed by atoms with Crippen LogP contribution in [0.5, 0.6) is 0 Å². The van der Waals surface area contributed by atoms with Crippen LogP contribution in [0, 0.1) is 0 Å². The molecule has 0 aromatic rings. The van der Waals surface area contributed by atoms with Gasteiger partial charge in [-0.3, -0.25) is 0 Å². The van der Waals surface area contributed by atoms with Crippen LogP contribution in [0.3, 0.4) is 0 Å². The first-order chi connectivity index (χ1) is 14.5. The van der Waals surface area contributed by atoms with Crippen molar-refractivity contribution in [2.24, 2.45) is 0 Å². The minimum Gasteiger partial charge on any atom is -0.870 e. The maximum absolute atomic E-state index is 3.68. The molecule has 0 spiro atoms. The number of rotatable bonds is 12. The highest BCUT2D eigenvalue weighted by Crippen LogP contribution is 1.77. The lowest BCUT2D eigenvalue weighted by atomic mass is 10.3. The third-order valence-electron chi connectivity index (χ3n) is 3.62. The SMILES string of the molecule is CCCC[NH3+].CCCC[NH3+].CCCC[NH3+].CCCC[NH3+].CCCC[NH3+].CCCC[NH3+].[OH-].[OH-].[OH-].[OH-].[OH-].[OH-]. The lowest BCUT2D eigenvalue weighted by Gasteiger charge is -1.77. The Labute approximate surface area is 225 Å². The topological polar surface area (TPSA) is 346 Å². The summed E-state index contributed by atoms with van der Waals surface area (Å²) in [7, 11) is 0. The van der Waals surface area contributed by atoms with Gasteiger partial charge in [0.05, 0.1) is 39.3 Å². The summed E-state index contributed by atoms with van der Waals surface area (Å²) in [6.07, 6.45) is 15.4. The van der Waals surface area contributed by atoms with Crippen molar-refractivity contribution < 1.29 is 67.3 Å². The molecule has 0 fully saturated rings. The molecule has 0 heterocycles. The molecule has 240 valence electrons. The normalized spacial score (nSPS) is 7.00. The van der Waals surface area contributed by atoms with Crippen molar-refractivity contribution in [2.75, 3.05) is 39.3 Å². The molecule has 0 aromatic heterocycles. The zero-order valence-corrected chi connectivity index (χ0v) is 25.7. The summed E-state index contributed by atoms with van der Waals surface area (Å²) in [6.45, 7) is 19.6. The van der Waals surface area contributed by atoms with E-state index in [0.717, 1.165) is 39.3 Å². The van der Waals surface area contributed by atoms with E-state index in [1.807, 2.05) is 0 Å². The fraction of sp³-hybridized carbons (Fsp3) is 1.00. The lowest BCUT2D eigenvalue weighted by Crippen LogP contribution is -2.49. The molecule has 0 unspecified atom stereocenters. The van der Waals surface area contributed by atoms with E-state index in [9.17, 15) is 0 Å². The van der Waals surface area contributed by atoms with E-state index in [4.69, 9.17) is 0 Å². The average molecular weight is 547 g/mol. The van der Waals surface area contributed by atoms with Crippen LogP contribution < -0.4 is 34.4 Å². The Morgan fingerprint density at radius 3 is 0.333 bits per heavy atom. The van der Waals surface area contributed by atoms with Crippen molar-refractivity contribution in [1.29, 1.82) is 0 Å². The van der Waals surface area contributed by atoms with Crippen LogP contribution in [-0.2, 0) is 0 Å². The number of hydrogen-bond donors (Lipinski definition) is 6. The van der Waals surface area contributed by atoms with Gasteiger partial charge in [-0.15, -0.1) is 0 Å². The third-order valence-corrected chi connectivity index (χ3v) is 3.62. The zero-order valence-electron chi connectivity index (χ0n) is 25.7. The molecule has 0 saturated carbocycles. The fourth-order valence-electron chi connectivity index (χ4n) is 1.50. The van der Waals surface area contributed by atoms with Crippen molar-refractivity contribution >= 4 is 0 Å². The van der Waals surface area contributed by atoms with Crippen molar-refractivity contribution in [2.45, 2.75) is 119 Å². The van der Waals surface area contributed by atoms with Crippen LogP contribution in [0.1, 0.15) is 119 Å². The minimum absolute atomic E-state index is 0. The second-order valence-electron chi connectivity index (χ2n) is 7.24. The summed E-state index contributed by atoms with van der Waals surface area (Å²) in [5, 5.41) is 0. The standard InChI is InChI=1S/6C4H11N.6H2O/c6*1-2-3-4-5;;;;;;/h6*2-5H2,1H3;6*1H2. The Morgan fingerprint density at radius 2 is 0.333 bits per heavy atom. The van der Waals surface area contributed by atoms with E-state index in [1.165, 1.54) is 77.0 Å². The summed E-state index contributed by atoms with van der Waals surface area (Å²) in [5.74, 6) is 0. The smallest absolute Gasteiger partial charge is 0.0739 e. The highest BCUT2D eigenvalue weighted by molar-refractivity contribution is 4.23. The molecule has 24 N–H and O–H groups in total. The Morgan fingerprint density at radius 1 is 0.250 bits per heavy atom. The summed E-state index contributed by atoms with van der Waals surface area (Å²) < 4.78 is 0. The number of quaternary nitrogens is 6. The van der Waals surface area contributed by atoms with E-state index in [1.54, 1.807) is 0 Å². The van der Waals surface area contributed by atoms with Gasteiger partial charge in [-0.05, 0) is 38.5 Å². The van der Waals surface area contributed by atoms with Crippen LogP contribution in [0.2, 0.25) is 0 Å². The minimum atomic E-state index is 0. The van der Waals surface area contributed by atoms with E-state index in [-0.39, 0.29) is 32.9 Å². The van der Waals surface area contributed by atoms with E-state index >= 15 is 0 Å². The van der Waals surface area contributed by atoms with Gasteiger partial charge in [0.25, 0.3) is 0 Å². The van der Waals surface area contributed by atoms with Gasteiger partial charge in [0.1, 0.15) is 0 Å². The summed E-state index contributed by atoms with van der Waals surface area (Å²) in [4.78, 5) is 0. The fourth-order valence-corrected chi connectivity index (χ4v) is 1.50. The Bertz CT molecular complexity index is 137. The van der Waals surface area contributed by atoms with Crippen molar-refractivity contribution in [3.05, 3.63) is 0 Å². The zero-order chi connectivity index (χ0) is 24.7. The number of hydrogen-bond acceptors (Lipinski definition) is 6. The molecule has 0 aliphatic rings. The third kappa shape index (κ3) is 267. The first-order valence-electron chi connectivity index (χ1n) is 13.2. The predicted molar refractivity (Wildman–Crippen MR) is 148 cm³/mol. The number of unbranched alkanes of at least 4 members (excludes halogenated alkanes) is 6. The van der Waals surface area contributed by atoms with Crippen molar-refractivity contribution in [1.82, 2.24) is 0 Å². The first kappa shape index (κ1) is 76.5. The molecule has 0 radical (unpaired) electrons. The van der Waals surface area contributed by atoms with Crippen LogP contribution in [0.15, 0.2) is 0 Å². The molecule has 0 bridgehead atoms. The van der Waals surface area contributed by atoms with Gasteiger partial charge in [-0.25, -0.2) is 0 Å². The molecule has 0 atom stereocenters. The molecule has 12 nitrogen and oxygen atoms in total. The molecular weight excluding hydrogens is 468 g/mol. The molecule has 36 heavy (non-hydrogen) atoms. The Hall–Kier alpha value is -0.480. The van der Waals surface area contributed by atoms with E-state index in [0.29, 0.717) is 0 Å². The summed E-state index contributed by atoms with van der Waals surface area (Å²) >= 11 is 0. The Kier molecular flexibility index (Phi) is 269. The molecule has 0 saturated heterocycles. The maximum atomic E-state index is 3.68. The average Bonchev–Trinajstić information content (AvgIpc) is 2.74. The lowest BCUT2D eigenvalue weighted by molar-refractivity contribution is -0.368. The second kappa shape index (κ2) is 126. The molecule has 0 aliphatic heterocycles. The van der Waals surface area contributed by atoms with Crippen LogP contribution in [0.25, 0.3) is 0 Å². The largest absolute Gasteiger partial charge is 0.870 e. The van der Waals surface area contributed by atoms with Crippen molar-refractivity contribution in [3.63, 3.8) is 0 Å². The quantitative estimate of drug-likeness (QED) is 0.180. The summed E-state index contributed by atoms with van der Waals surface area (Å²) in [5.41, 5.74) is 22.1. The highest BCUT2D eigenvalue weighted by atomic mass is 16.0. The maximum Gasteiger partial charge on any atom is 0.0739 e. The molecule has 12 heteroatoms. The van der Waals surface area contributed by atoms with Crippen LogP contribution >= 0.6 is 0 Å². The molecular formula is C24H78N6O6. The molecule has 0 amide bonds. The Balaban J connectivity index is -0.0000000186.